The molecule has 116 valence electrons. The maximum atomic E-state index is 12.9. The number of rotatable bonds is 1. The highest BCUT2D eigenvalue weighted by molar-refractivity contribution is 5.87. The van der Waals surface area contributed by atoms with Crippen molar-refractivity contribution in [1.29, 1.82) is 0 Å². The Labute approximate surface area is 130 Å². The molecule has 4 rings (SSSR count). The minimum Gasteiger partial charge on any atom is -0.463 e. The molecule has 0 fully saturated rings. The smallest absolute Gasteiger partial charge is 0.416 e. The van der Waals surface area contributed by atoms with Crippen LogP contribution in [0, 0.1) is 0 Å². The first-order chi connectivity index (χ1) is 11.0. The van der Waals surface area contributed by atoms with Crippen LogP contribution in [0.25, 0.3) is 10.9 Å². The Kier molecular flexibility index (Phi) is 2.98. The number of ether oxygens (including phenoxy) is 1. The van der Waals surface area contributed by atoms with Crippen molar-refractivity contribution in [3.63, 3.8) is 0 Å². The summed E-state index contributed by atoms with van der Waals surface area (Å²) in [6, 6.07) is 11.2. The third-order valence-corrected chi connectivity index (χ3v) is 4.08. The largest absolute Gasteiger partial charge is 0.463 e. The molecule has 1 aromatic heterocycles. The topological polar surface area (TPSA) is 25.0 Å². The van der Waals surface area contributed by atoms with Gasteiger partial charge in [0.15, 0.2) is 5.75 Å². The van der Waals surface area contributed by atoms with Crippen molar-refractivity contribution < 1.29 is 17.9 Å². The molecule has 0 amide bonds. The summed E-state index contributed by atoms with van der Waals surface area (Å²) in [4.78, 5) is 3.12. The number of benzene rings is 2. The van der Waals surface area contributed by atoms with E-state index in [0.29, 0.717) is 11.3 Å². The Balaban J connectivity index is 1.85. The molecule has 1 aliphatic rings. The molecule has 0 bridgehead atoms. The summed E-state index contributed by atoms with van der Waals surface area (Å²) in [5.74, 6) is 0.395. The van der Waals surface area contributed by atoms with E-state index in [1.165, 1.54) is 18.4 Å². The number of fused-ring (bicyclic) bond motifs is 3. The van der Waals surface area contributed by atoms with Gasteiger partial charge in [-0.05, 0) is 23.8 Å². The van der Waals surface area contributed by atoms with Crippen LogP contribution in [0.15, 0.2) is 61.0 Å². The average molecular weight is 315 g/mol. The number of hydrogen-bond donors (Lipinski definition) is 1. The number of alkyl halides is 3. The summed E-state index contributed by atoms with van der Waals surface area (Å²) >= 11 is 0. The molecule has 5 heteroatoms. The summed E-state index contributed by atoms with van der Waals surface area (Å²) in [5, 5.41) is 1.00. The van der Waals surface area contributed by atoms with Crippen LogP contribution in [0.5, 0.6) is 5.75 Å². The zero-order chi connectivity index (χ0) is 16.0. The summed E-state index contributed by atoms with van der Waals surface area (Å²) in [6.45, 7) is 0. The van der Waals surface area contributed by atoms with E-state index in [9.17, 15) is 13.2 Å². The van der Waals surface area contributed by atoms with Crippen molar-refractivity contribution in [1.82, 2.24) is 4.98 Å². The van der Waals surface area contributed by atoms with Gasteiger partial charge < -0.3 is 9.72 Å². The Morgan fingerprint density at radius 1 is 1.04 bits per heavy atom. The van der Waals surface area contributed by atoms with Gasteiger partial charge in [-0.15, -0.1) is 0 Å². The van der Waals surface area contributed by atoms with Crippen LogP contribution in [-0.2, 0) is 6.18 Å². The van der Waals surface area contributed by atoms with Crippen molar-refractivity contribution >= 4 is 10.9 Å². The standard InChI is InChI=1S/C18H12F3NO/c19-18(20,21)13-3-1-2-12(10-13)14-7-9-23-17-15(14)5-4-11-6-8-22-16(11)17/h1-10,14,22H. The second-order valence-electron chi connectivity index (χ2n) is 5.47. The molecule has 1 atom stereocenters. The molecular formula is C18H12F3NO. The van der Waals surface area contributed by atoms with Crippen molar-refractivity contribution in [2.45, 2.75) is 12.1 Å². The third kappa shape index (κ3) is 2.29. The summed E-state index contributed by atoms with van der Waals surface area (Å²) in [5.41, 5.74) is 1.65. The molecule has 0 radical (unpaired) electrons. The molecule has 2 nitrogen and oxygen atoms in total. The number of H-pyrrole nitrogens is 1. The Hall–Kier alpha value is -2.69. The predicted octanol–water partition coefficient (Wildman–Crippen LogP) is 5.22. The Morgan fingerprint density at radius 2 is 1.91 bits per heavy atom. The van der Waals surface area contributed by atoms with Gasteiger partial charge in [-0.3, -0.25) is 0 Å². The molecule has 0 spiro atoms. The average Bonchev–Trinajstić information content (AvgIpc) is 3.02. The van der Waals surface area contributed by atoms with Gasteiger partial charge in [-0.2, -0.15) is 13.2 Å². The van der Waals surface area contributed by atoms with E-state index in [-0.39, 0.29) is 5.92 Å². The van der Waals surface area contributed by atoms with Gasteiger partial charge in [0.05, 0.1) is 17.3 Å². The fourth-order valence-corrected chi connectivity index (χ4v) is 2.98. The molecule has 1 unspecified atom stereocenters. The van der Waals surface area contributed by atoms with Crippen LogP contribution in [-0.4, -0.2) is 4.98 Å². The molecule has 2 heterocycles. The van der Waals surface area contributed by atoms with E-state index in [2.05, 4.69) is 4.98 Å². The van der Waals surface area contributed by atoms with Crippen LogP contribution in [0.4, 0.5) is 13.2 Å². The van der Waals surface area contributed by atoms with Crippen LogP contribution >= 0.6 is 0 Å². The quantitative estimate of drug-likeness (QED) is 0.654. The zero-order valence-electron chi connectivity index (χ0n) is 11.9. The summed E-state index contributed by atoms with van der Waals surface area (Å²) < 4.78 is 44.5. The predicted molar refractivity (Wildman–Crippen MR) is 81.4 cm³/mol. The second kappa shape index (κ2) is 4.91. The summed E-state index contributed by atoms with van der Waals surface area (Å²) in [7, 11) is 0. The molecule has 23 heavy (non-hydrogen) atoms. The van der Waals surface area contributed by atoms with E-state index in [1.807, 2.05) is 24.4 Å². The number of hydrogen-bond acceptors (Lipinski definition) is 1. The van der Waals surface area contributed by atoms with Crippen molar-refractivity contribution in [3.8, 4) is 5.75 Å². The summed E-state index contributed by atoms with van der Waals surface area (Å²) in [6.07, 6.45) is 0.767. The SMILES string of the molecule is FC(F)(F)c1cccc(C2C=COc3c2ccc2cc[nH]c32)c1. The number of halogens is 3. The lowest BCUT2D eigenvalue weighted by Gasteiger charge is -2.22. The fourth-order valence-electron chi connectivity index (χ4n) is 2.98. The molecule has 3 aromatic rings. The van der Waals surface area contributed by atoms with E-state index < -0.39 is 11.7 Å². The van der Waals surface area contributed by atoms with E-state index >= 15 is 0 Å². The van der Waals surface area contributed by atoms with E-state index in [1.54, 1.807) is 12.1 Å². The normalized spacial score (nSPS) is 17.1. The number of allylic oxidation sites excluding steroid dienone is 1. The highest BCUT2D eigenvalue weighted by atomic mass is 19.4. The first-order valence-corrected chi connectivity index (χ1v) is 7.14. The highest BCUT2D eigenvalue weighted by Gasteiger charge is 2.31. The number of aromatic amines is 1. The van der Waals surface area contributed by atoms with Gasteiger partial charge in [0.1, 0.15) is 0 Å². The highest BCUT2D eigenvalue weighted by Crippen LogP contribution is 2.41. The lowest BCUT2D eigenvalue weighted by molar-refractivity contribution is -0.137. The maximum Gasteiger partial charge on any atom is 0.416 e. The van der Waals surface area contributed by atoms with Crippen molar-refractivity contribution in [2.24, 2.45) is 0 Å². The molecule has 1 aliphatic heterocycles. The molecule has 0 saturated heterocycles. The lowest BCUT2D eigenvalue weighted by Crippen LogP contribution is -2.09. The lowest BCUT2D eigenvalue weighted by atomic mass is 9.88. The van der Waals surface area contributed by atoms with Gasteiger partial charge in [0.25, 0.3) is 0 Å². The minimum absolute atomic E-state index is 0.270. The van der Waals surface area contributed by atoms with Crippen molar-refractivity contribution in [2.75, 3.05) is 0 Å². The van der Waals surface area contributed by atoms with Crippen LogP contribution in [0.1, 0.15) is 22.6 Å². The monoisotopic (exact) mass is 315 g/mol. The molecule has 1 N–H and O–H groups in total. The third-order valence-electron chi connectivity index (χ3n) is 4.08. The molecule has 0 aliphatic carbocycles. The van der Waals surface area contributed by atoms with Gasteiger partial charge in [-0.25, -0.2) is 0 Å². The van der Waals surface area contributed by atoms with Gasteiger partial charge in [0.2, 0.25) is 0 Å². The first-order valence-electron chi connectivity index (χ1n) is 7.14. The van der Waals surface area contributed by atoms with E-state index in [4.69, 9.17) is 4.74 Å². The second-order valence-corrected chi connectivity index (χ2v) is 5.47. The van der Waals surface area contributed by atoms with Crippen LogP contribution < -0.4 is 4.74 Å². The molecule has 0 saturated carbocycles. The maximum absolute atomic E-state index is 12.9. The van der Waals surface area contributed by atoms with Gasteiger partial charge in [-0.1, -0.05) is 30.3 Å². The van der Waals surface area contributed by atoms with E-state index in [0.717, 1.165) is 22.5 Å². The number of aromatic nitrogens is 1. The Bertz CT molecular complexity index is 908. The fraction of sp³-hybridized carbons (Fsp3) is 0.111. The van der Waals surface area contributed by atoms with Gasteiger partial charge >= 0.3 is 6.18 Å². The first kappa shape index (κ1) is 13.9. The Morgan fingerprint density at radius 3 is 2.74 bits per heavy atom. The van der Waals surface area contributed by atoms with Crippen molar-refractivity contribution in [3.05, 3.63) is 77.7 Å². The van der Waals surface area contributed by atoms with Crippen LogP contribution in [0.2, 0.25) is 0 Å². The molecule has 2 aromatic carbocycles. The zero-order valence-corrected chi connectivity index (χ0v) is 11.9. The van der Waals surface area contributed by atoms with Crippen LogP contribution in [0.3, 0.4) is 0 Å². The number of nitrogens with one attached hydrogen (secondary N) is 1. The minimum atomic E-state index is -4.35. The molecular weight excluding hydrogens is 303 g/mol. The van der Waals surface area contributed by atoms with Gasteiger partial charge in [0, 0.05) is 23.1 Å².